The van der Waals surface area contributed by atoms with E-state index >= 15 is 0 Å². The fourth-order valence-electron chi connectivity index (χ4n) is 1.84. The molecule has 6 heteroatoms. The van der Waals surface area contributed by atoms with Crippen molar-refractivity contribution in [1.29, 1.82) is 0 Å². The van der Waals surface area contributed by atoms with Crippen LogP contribution in [0.25, 0.3) is 0 Å². The van der Waals surface area contributed by atoms with Crippen molar-refractivity contribution in [3.63, 3.8) is 0 Å². The number of hydrogen-bond donors (Lipinski definition) is 2. The van der Waals surface area contributed by atoms with Gasteiger partial charge in [0.15, 0.2) is 0 Å². The van der Waals surface area contributed by atoms with Crippen molar-refractivity contribution in [3.05, 3.63) is 57.8 Å². The number of anilines is 1. The predicted molar refractivity (Wildman–Crippen MR) is 76.3 cm³/mol. The molecule has 2 rings (SSSR count). The molecule has 5 nitrogen and oxygen atoms in total. The van der Waals surface area contributed by atoms with Crippen molar-refractivity contribution in [1.82, 2.24) is 9.78 Å². The third-order valence-corrected chi connectivity index (χ3v) is 2.97. The number of aryl methyl sites for hydroxylation is 1. The lowest BCUT2D eigenvalue weighted by molar-refractivity contribution is 0.609. The number of nitrogens with two attached hydrogens (primary N) is 1. The quantitative estimate of drug-likeness (QED) is 0.858. The average molecular weight is 276 g/mol. The van der Waals surface area contributed by atoms with Gasteiger partial charge >= 0.3 is 0 Å². The van der Waals surface area contributed by atoms with Crippen LogP contribution in [0.15, 0.2) is 35.3 Å². The topological polar surface area (TPSA) is 72.9 Å². The Kier molecular flexibility index (Phi) is 4.47. The lowest BCUT2D eigenvalue weighted by atomic mass is 10.1. The molecule has 0 aliphatic carbocycles. The molecule has 0 unspecified atom stereocenters. The Morgan fingerprint density at radius 2 is 2.20 bits per heavy atom. The van der Waals surface area contributed by atoms with Gasteiger partial charge in [-0.05, 0) is 30.2 Å². The fourth-order valence-corrected chi connectivity index (χ4v) is 1.84. The SMILES string of the molecule is Cc1ccc(F)cc1Cn1ncc(NCCN)cc1=O. The largest absolute Gasteiger partial charge is 0.382 e. The molecule has 3 N–H and O–H groups in total. The van der Waals surface area contributed by atoms with E-state index in [0.717, 1.165) is 11.1 Å². The third-order valence-electron chi connectivity index (χ3n) is 2.97. The first-order valence-corrected chi connectivity index (χ1v) is 6.36. The minimum atomic E-state index is -0.320. The Morgan fingerprint density at radius 3 is 2.90 bits per heavy atom. The molecular formula is C14H17FN4O. The highest BCUT2D eigenvalue weighted by molar-refractivity contribution is 5.38. The summed E-state index contributed by atoms with van der Waals surface area (Å²) >= 11 is 0. The summed E-state index contributed by atoms with van der Waals surface area (Å²) in [6, 6.07) is 5.96. The number of hydrogen-bond acceptors (Lipinski definition) is 4. The Morgan fingerprint density at radius 1 is 1.40 bits per heavy atom. The minimum absolute atomic E-state index is 0.240. The zero-order valence-electron chi connectivity index (χ0n) is 11.3. The summed E-state index contributed by atoms with van der Waals surface area (Å²) in [5.41, 5.74) is 7.43. The van der Waals surface area contributed by atoms with Crippen LogP contribution in [0.1, 0.15) is 11.1 Å². The first kappa shape index (κ1) is 14.2. The van der Waals surface area contributed by atoms with Crippen molar-refractivity contribution in [2.24, 2.45) is 5.73 Å². The first-order chi connectivity index (χ1) is 9.60. The molecule has 0 radical (unpaired) electrons. The van der Waals surface area contributed by atoms with Crippen molar-refractivity contribution in [2.45, 2.75) is 13.5 Å². The molecule has 106 valence electrons. The summed E-state index contributed by atoms with van der Waals surface area (Å²) < 4.78 is 14.5. The Bertz CT molecular complexity index is 654. The molecule has 20 heavy (non-hydrogen) atoms. The van der Waals surface area contributed by atoms with Crippen LogP contribution in [0.5, 0.6) is 0 Å². The van der Waals surface area contributed by atoms with Gasteiger partial charge in [0.1, 0.15) is 5.82 Å². The molecule has 1 aromatic heterocycles. The van der Waals surface area contributed by atoms with Gasteiger partial charge in [0.05, 0.1) is 18.4 Å². The standard InChI is InChI=1S/C14H17FN4O/c1-10-2-3-12(15)6-11(10)9-19-14(20)7-13(8-18-19)17-5-4-16/h2-3,6-8,17H,4-5,9,16H2,1H3. The van der Waals surface area contributed by atoms with E-state index in [2.05, 4.69) is 10.4 Å². The molecule has 2 aromatic rings. The molecule has 0 saturated carbocycles. The zero-order valence-corrected chi connectivity index (χ0v) is 11.3. The van der Waals surface area contributed by atoms with Crippen LogP contribution in [0.4, 0.5) is 10.1 Å². The first-order valence-electron chi connectivity index (χ1n) is 6.36. The summed E-state index contributed by atoms with van der Waals surface area (Å²) in [5.74, 6) is -0.320. The van der Waals surface area contributed by atoms with Crippen LogP contribution in [0, 0.1) is 12.7 Å². The lowest BCUT2D eigenvalue weighted by Gasteiger charge is -2.09. The van der Waals surface area contributed by atoms with Crippen LogP contribution < -0.4 is 16.6 Å². The van der Waals surface area contributed by atoms with Crippen LogP contribution in [-0.4, -0.2) is 22.9 Å². The number of nitrogens with one attached hydrogen (secondary N) is 1. The summed E-state index contributed by atoms with van der Waals surface area (Å²) in [6.07, 6.45) is 1.56. The molecule has 0 bridgehead atoms. The number of aromatic nitrogens is 2. The van der Waals surface area contributed by atoms with Crippen molar-refractivity contribution in [3.8, 4) is 0 Å². The van der Waals surface area contributed by atoms with E-state index in [1.807, 2.05) is 6.92 Å². The van der Waals surface area contributed by atoms with Gasteiger partial charge in [0.25, 0.3) is 5.56 Å². The molecule has 0 aliphatic rings. The molecule has 0 atom stereocenters. The third kappa shape index (κ3) is 3.42. The molecule has 1 aromatic carbocycles. The van der Waals surface area contributed by atoms with E-state index in [1.54, 1.807) is 12.3 Å². The van der Waals surface area contributed by atoms with Crippen LogP contribution in [0.2, 0.25) is 0 Å². The number of halogens is 1. The fraction of sp³-hybridized carbons (Fsp3) is 0.286. The predicted octanol–water partition coefficient (Wildman–Crippen LogP) is 1.11. The molecule has 0 saturated heterocycles. The second-order valence-electron chi connectivity index (χ2n) is 4.53. The van der Waals surface area contributed by atoms with E-state index in [4.69, 9.17) is 5.73 Å². The van der Waals surface area contributed by atoms with Gasteiger partial charge in [-0.2, -0.15) is 5.10 Å². The van der Waals surface area contributed by atoms with Crippen molar-refractivity contribution >= 4 is 5.69 Å². The second-order valence-corrected chi connectivity index (χ2v) is 4.53. The summed E-state index contributed by atoms with van der Waals surface area (Å²) in [4.78, 5) is 11.9. The van der Waals surface area contributed by atoms with Gasteiger partial charge in [0, 0.05) is 19.2 Å². The summed E-state index contributed by atoms with van der Waals surface area (Å²) in [5, 5.41) is 7.06. The zero-order chi connectivity index (χ0) is 14.5. The highest BCUT2D eigenvalue weighted by Crippen LogP contribution is 2.11. The van der Waals surface area contributed by atoms with Gasteiger partial charge in [-0.3, -0.25) is 4.79 Å². The van der Waals surface area contributed by atoms with Gasteiger partial charge in [-0.1, -0.05) is 6.07 Å². The Hall–Kier alpha value is -2.21. The van der Waals surface area contributed by atoms with Crippen molar-refractivity contribution in [2.75, 3.05) is 18.4 Å². The van der Waals surface area contributed by atoms with Gasteiger partial charge in [-0.25, -0.2) is 9.07 Å². The monoisotopic (exact) mass is 276 g/mol. The maximum absolute atomic E-state index is 13.2. The van der Waals surface area contributed by atoms with Gasteiger partial charge < -0.3 is 11.1 Å². The highest BCUT2D eigenvalue weighted by Gasteiger charge is 2.05. The molecule has 0 amide bonds. The summed E-state index contributed by atoms with van der Waals surface area (Å²) in [7, 11) is 0. The summed E-state index contributed by atoms with van der Waals surface area (Å²) in [6.45, 7) is 3.18. The molecule has 1 heterocycles. The number of rotatable bonds is 5. The highest BCUT2D eigenvalue weighted by atomic mass is 19.1. The molecule has 0 spiro atoms. The van der Waals surface area contributed by atoms with Crippen LogP contribution in [-0.2, 0) is 6.54 Å². The van der Waals surface area contributed by atoms with Gasteiger partial charge in [0.2, 0.25) is 0 Å². The normalized spacial score (nSPS) is 10.6. The van der Waals surface area contributed by atoms with E-state index in [0.29, 0.717) is 18.8 Å². The number of nitrogens with zero attached hydrogens (tertiary/aromatic N) is 2. The van der Waals surface area contributed by atoms with E-state index in [1.165, 1.54) is 22.9 Å². The van der Waals surface area contributed by atoms with E-state index in [-0.39, 0.29) is 17.9 Å². The Labute approximate surface area is 116 Å². The number of benzene rings is 1. The maximum Gasteiger partial charge on any atom is 0.269 e. The van der Waals surface area contributed by atoms with Gasteiger partial charge in [-0.15, -0.1) is 0 Å². The van der Waals surface area contributed by atoms with E-state index < -0.39 is 0 Å². The maximum atomic E-state index is 13.2. The molecular weight excluding hydrogens is 259 g/mol. The second kappa shape index (κ2) is 6.29. The molecule has 0 aliphatic heterocycles. The minimum Gasteiger partial charge on any atom is -0.382 e. The van der Waals surface area contributed by atoms with Crippen LogP contribution >= 0.6 is 0 Å². The average Bonchev–Trinajstić information content (AvgIpc) is 2.43. The van der Waals surface area contributed by atoms with Crippen LogP contribution in [0.3, 0.4) is 0 Å². The Balaban J connectivity index is 2.21. The smallest absolute Gasteiger partial charge is 0.269 e. The lowest BCUT2D eigenvalue weighted by Crippen LogP contribution is -2.24. The van der Waals surface area contributed by atoms with Crippen molar-refractivity contribution < 1.29 is 4.39 Å². The van der Waals surface area contributed by atoms with E-state index in [9.17, 15) is 9.18 Å². The molecule has 0 fully saturated rings.